The largest absolute Gasteiger partial charge is 0.508 e. The lowest BCUT2D eigenvalue weighted by molar-refractivity contribution is 0.0976. The van der Waals surface area contributed by atoms with Crippen molar-refractivity contribution in [1.29, 1.82) is 0 Å². The summed E-state index contributed by atoms with van der Waals surface area (Å²) in [5.41, 5.74) is 3.01. The highest BCUT2D eigenvalue weighted by atomic mass is 16.5. The lowest BCUT2D eigenvalue weighted by Crippen LogP contribution is -2.21. The first-order chi connectivity index (χ1) is 20.1. The Balaban J connectivity index is 1.73. The number of rotatable bonds is 12. The Bertz CT molecular complexity index is 1490. The number of aryl methyl sites for hydroxylation is 1. The van der Waals surface area contributed by atoms with Gasteiger partial charge in [0.15, 0.2) is 5.78 Å². The predicted octanol–water partition coefficient (Wildman–Crippen LogP) is 6.99. The number of hydrogen-bond acceptors (Lipinski definition) is 7. The number of carbonyl (C=O) groups excluding carboxylic acids is 1. The maximum Gasteiger partial charge on any atom is 0.170 e. The standard InChI is InChI=1S/C35H38O7/c1-21(19-24-5-12-26(36)13-6-24)22(2)32(25-10-14-27(37)15-11-25)34-30(39)20-31(42-4)33(35(34)40)29(38)18-9-23-7-16-28(41-3)17-8-23/h5-8,10-17,20-22,32,36-37,39-40H,9,18-19H2,1-4H3/t21-,22+,32+/m1/s1. The molecule has 0 unspecified atom stereocenters. The van der Waals surface area contributed by atoms with E-state index >= 15 is 0 Å². The van der Waals surface area contributed by atoms with E-state index in [2.05, 4.69) is 6.92 Å². The van der Waals surface area contributed by atoms with Gasteiger partial charge in [0, 0.05) is 24.0 Å². The minimum Gasteiger partial charge on any atom is -0.508 e. The van der Waals surface area contributed by atoms with E-state index in [-0.39, 0.29) is 63.9 Å². The molecule has 0 bridgehead atoms. The van der Waals surface area contributed by atoms with Crippen LogP contribution in [0.3, 0.4) is 0 Å². The highest BCUT2D eigenvalue weighted by molar-refractivity contribution is 6.02. The molecule has 0 fully saturated rings. The van der Waals surface area contributed by atoms with E-state index in [0.717, 1.165) is 22.4 Å². The molecule has 0 spiro atoms. The Morgan fingerprint density at radius 1 is 0.762 bits per heavy atom. The number of hydrogen-bond donors (Lipinski definition) is 4. The molecule has 4 rings (SSSR count). The molecule has 4 aromatic rings. The molecule has 0 heterocycles. The number of phenolic OH excluding ortho intramolecular Hbond substituents is 4. The van der Waals surface area contributed by atoms with E-state index in [4.69, 9.17) is 9.47 Å². The Morgan fingerprint density at radius 2 is 1.33 bits per heavy atom. The molecule has 4 N–H and O–H groups in total. The fourth-order valence-corrected chi connectivity index (χ4v) is 5.49. The van der Waals surface area contributed by atoms with Crippen LogP contribution in [0, 0.1) is 11.8 Å². The summed E-state index contributed by atoms with van der Waals surface area (Å²) in [6.45, 7) is 4.13. The lowest BCUT2D eigenvalue weighted by Gasteiger charge is -2.32. The summed E-state index contributed by atoms with van der Waals surface area (Å²) < 4.78 is 10.7. The van der Waals surface area contributed by atoms with Gasteiger partial charge in [0.25, 0.3) is 0 Å². The molecule has 0 aliphatic carbocycles. The van der Waals surface area contributed by atoms with E-state index in [1.807, 2.05) is 43.3 Å². The third-order valence-corrected chi connectivity index (χ3v) is 8.06. The van der Waals surface area contributed by atoms with Gasteiger partial charge in [0.1, 0.15) is 40.1 Å². The van der Waals surface area contributed by atoms with Crippen LogP contribution >= 0.6 is 0 Å². The zero-order chi connectivity index (χ0) is 30.4. The number of methoxy groups -OCH3 is 2. The van der Waals surface area contributed by atoms with Gasteiger partial charge in [-0.15, -0.1) is 0 Å². The van der Waals surface area contributed by atoms with Crippen molar-refractivity contribution in [2.75, 3.05) is 14.2 Å². The molecule has 0 aliphatic heterocycles. The van der Waals surface area contributed by atoms with Gasteiger partial charge < -0.3 is 29.9 Å². The van der Waals surface area contributed by atoms with Crippen LogP contribution in [0.1, 0.15) is 58.8 Å². The highest BCUT2D eigenvalue weighted by Gasteiger charge is 2.34. The summed E-state index contributed by atoms with van der Waals surface area (Å²) >= 11 is 0. The van der Waals surface area contributed by atoms with Crippen molar-refractivity contribution >= 4 is 5.78 Å². The minimum atomic E-state index is -0.517. The number of ketones is 1. The molecule has 0 radical (unpaired) electrons. The van der Waals surface area contributed by atoms with E-state index in [0.29, 0.717) is 12.8 Å². The van der Waals surface area contributed by atoms with Gasteiger partial charge in [-0.25, -0.2) is 0 Å². The predicted molar refractivity (Wildman–Crippen MR) is 162 cm³/mol. The summed E-state index contributed by atoms with van der Waals surface area (Å²) in [6, 6.07) is 22.5. The lowest BCUT2D eigenvalue weighted by atomic mass is 9.73. The Hall–Kier alpha value is -4.65. The summed E-state index contributed by atoms with van der Waals surface area (Å²) in [7, 11) is 2.99. The second kappa shape index (κ2) is 13.3. The summed E-state index contributed by atoms with van der Waals surface area (Å²) in [5, 5.41) is 42.6. The number of carbonyl (C=O) groups is 1. The molecule has 0 saturated carbocycles. The molecule has 7 heteroatoms. The Morgan fingerprint density at radius 3 is 1.90 bits per heavy atom. The Kier molecular flexibility index (Phi) is 9.63. The van der Waals surface area contributed by atoms with Gasteiger partial charge in [-0.05, 0) is 77.8 Å². The smallest absolute Gasteiger partial charge is 0.170 e. The van der Waals surface area contributed by atoms with Gasteiger partial charge >= 0.3 is 0 Å². The molecule has 0 aliphatic rings. The van der Waals surface area contributed by atoms with E-state index in [9.17, 15) is 25.2 Å². The van der Waals surface area contributed by atoms with Crippen molar-refractivity contribution in [3.8, 4) is 34.5 Å². The molecule has 7 nitrogen and oxygen atoms in total. The normalized spacial score (nSPS) is 13.2. The van der Waals surface area contributed by atoms with Crippen molar-refractivity contribution in [1.82, 2.24) is 0 Å². The molecular weight excluding hydrogens is 532 g/mol. The van der Waals surface area contributed by atoms with Gasteiger partial charge in [-0.1, -0.05) is 50.2 Å². The molecule has 220 valence electrons. The van der Waals surface area contributed by atoms with Crippen LogP contribution in [-0.2, 0) is 12.8 Å². The fourth-order valence-electron chi connectivity index (χ4n) is 5.49. The van der Waals surface area contributed by atoms with Crippen LogP contribution in [-0.4, -0.2) is 40.4 Å². The van der Waals surface area contributed by atoms with E-state index in [1.165, 1.54) is 13.2 Å². The topological polar surface area (TPSA) is 116 Å². The highest BCUT2D eigenvalue weighted by Crippen LogP contribution is 2.49. The number of ether oxygens (including phenoxy) is 2. The first-order valence-electron chi connectivity index (χ1n) is 14.0. The number of phenols is 4. The zero-order valence-electron chi connectivity index (χ0n) is 24.4. The maximum atomic E-state index is 13.6. The van der Waals surface area contributed by atoms with E-state index < -0.39 is 5.92 Å². The fraction of sp³-hybridized carbons (Fsp3) is 0.286. The number of benzene rings is 4. The molecule has 4 aromatic carbocycles. The Labute approximate surface area is 246 Å². The van der Waals surface area contributed by atoms with Crippen molar-refractivity contribution in [2.24, 2.45) is 11.8 Å². The number of Topliss-reactive ketones (excluding diaryl/α,β-unsaturated/α-hetero) is 1. The van der Waals surface area contributed by atoms with Crippen LogP contribution < -0.4 is 9.47 Å². The van der Waals surface area contributed by atoms with Gasteiger partial charge in [-0.3, -0.25) is 4.79 Å². The molecule has 3 atom stereocenters. The SMILES string of the molecule is COc1ccc(CCC(=O)c2c(OC)cc(O)c([C@H](c3ccc(O)cc3)[C@@H](C)[C@H](C)Cc3ccc(O)cc3)c2O)cc1. The summed E-state index contributed by atoms with van der Waals surface area (Å²) in [5.74, 6) is -0.277. The van der Waals surface area contributed by atoms with Gasteiger partial charge in [-0.2, -0.15) is 0 Å². The van der Waals surface area contributed by atoms with Crippen molar-refractivity contribution in [3.05, 3.63) is 107 Å². The van der Waals surface area contributed by atoms with Crippen molar-refractivity contribution in [2.45, 2.75) is 39.0 Å². The van der Waals surface area contributed by atoms with Crippen LogP contribution in [0.2, 0.25) is 0 Å². The van der Waals surface area contributed by atoms with Crippen LogP contribution in [0.5, 0.6) is 34.5 Å². The third-order valence-electron chi connectivity index (χ3n) is 8.06. The van der Waals surface area contributed by atoms with Crippen LogP contribution in [0.4, 0.5) is 0 Å². The average Bonchev–Trinajstić information content (AvgIpc) is 2.99. The average molecular weight is 571 g/mol. The quantitative estimate of drug-likeness (QED) is 0.136. The third kappa shape index (κ3) is 6.79. The second-order valence-electron chi connectivity index (χ2n) is 10.8. The van der Waals surface area contributed by atoms with E-state index in [1.54, 1.807) is 43.5 Å². The molecule has 42 heavy (non-hydrogen) atoms. The minimum absolute atomic E-state index is 0.0287. The first-order valence-corrected chi connectivity index (χ1v) is 14.0. The van der Waals surface area contributed by atoms with Crippen molar-refractivity contribution < 1.29 is 34.7 Å². The number of aromatic hydroxyl groups is 4. The maximum absolute atomic E-state index is 13.6. The van der Waals surface area contributed by atoms with Crippen LogP contribution in [0.25, 0.3) is 0 Å². The summed E-state index contributed by atoms with van der Waals surface area (Å²) in [4.78, 5) is 13.6. The molecule has 0 aromatic heterocycles. The summed E-state index contributed by atoms with van der Waals surface area (Å²) in [6.07, 6.45) is 1.25. The van der Waals surface area contributed by atoms with Gasteiger partial charge in [0.05, 0.1) is 14.2 Å². The van der Waals surface area contributed by atoms with Gasteiger partial charge in [0.2, 0.25) is 0 Å². The van der Waals surface area contributed by atoms with Crippen molar-refractivity contribution in [3.63, 3.8) is 0 Å². The molecule has 0 saturated heterocycles. The zero-order valence-corrected chi connectivity index (χ0v) is 24.4. The monoisotopic (exact) mass is 570 g/mol. The molecular formula is C35H38O7. The van der Waals surface area contributed by atoms with Crippen LogP contribution in [0.15, 0.2) is 78.9 Å². The second-order valence-corrected chi connectivity index (χ2v) is 10.8. The first kappa shape index (κ1) is 30.3. The molecule has 0 amide bonds.